The van der Waals surface area contributed by atoms with Gasteiger partial charge in [-0.05, 0) is 37.5 Å². The lowest BCUT2D eigenvalue weighted by molar-refractivity contribution is -0.145. The Bertz CT molecular complexity index is 343. The van der Waals surface area contributed by atoms with Gasteiger partial charge in [-0.2, -0.15) is 0 Å². The standard InChI is InChI=1S/C14H20O3/c1-4-12(14(15)16-3)10-11-6-8-13(9-7-11)17-5-2/h6-9,12H,4-5,10H2,1-3H3. The molecule has 1 aromatic carbocycles. The Morgan fingerprint density at radius 2 is 1.88 bits per heavy atom. The molecule has 0 fully saturated rings. The Balaban J connectivity index is 2.64. The van der Waals surface area contributed by atoms with Gasteiger partial charge in [0.1, 0.15) is 5.75 Å². The number of carbonyl (C=O) groups excluding carboxylic acids is 1. The van der Waals surface area contributed by atoms with Crippen molar-refractivity contribution in [1.82, 2.24) is 0 Å². The predicted octanol–water partition coefficient (Wildman–Crippen LogP) is 2.83. The molecular formula is C14H20O3. The van der Waals surface area contributed by atoms with Crippen LogP contribution in [-0.4, -0.2) is 19.7 Å². The third-order valence-electron chi connectivity index (χ3n) is 2.74. The zero-order valence-corrected chi connectivity index (χ0v) is 10.7. The molecule has 17 heavy (non-hydrogen) atoms. The van der Waals surface area contributed by atoms with Crippen LogP contribution in [0.15, 0.2) is 24.3 Å². The molecule has 0 radical (unpaired) electrons. The molecule has 1 atom stereocenters. The highest BCUT2D eigenvalue weighted by Gasteiger charge is 2.17. The van der Waals surface area contributed by atoms with E-state index in [4.69, 9.17) is 9.47 Å². The molecule has 0 aromatic heterocycles. The molecule has 0 spiro atoms. The first-order chi connectivity index (χ1) is 8.21. The molecule has 0 bridgehead atoms. The van der Waals surface area contributed by atoms with Crippen molar-refractivity contribution in [3.63, 3.8) is 0 Å². The molecular weight excluding hydrogens is 216 g/mol. The zero-order chi connectivity index (χ0) is 12.7. The molecule has 0 aliphatic heterocycles. The molecule has 0 amide bonds. The Hall–Kier alpha value is -1.51. The highest BCUT2D eigenvalue weighted by Crippen LogP contribution is 2.17. The summed E-state index contributed by atoms with van der Waals surface area (Å²) in [5.74, 6) is 0.668. The number of methoxy groups -OCH3 is 1. The molecule has 0 saturated carbocycles. The molecule has 94 valence electrons. The van der Waals surface area contributed by atoms with Gasteiger partial charge in [0.15, 0.2) is 0 Å². The minimum atomic E-state index is -0.138. The normalized spacial score (nSPS) is 11.9. The Labute approximate surface area is 103 Å². The van der Waals surface area contributed by atoms with Gasteiger partial charge in [0.25, 0.3) is 0 Å². The lowest BCUT2D eigenvalue weighted by Crippen LogP contribution is -2.17. The average Bonchev–Trinajstić information content (AvgIpc) is 2.37. The van der Waals surface area contributed by atoms with E-state index in [2.05, 4.69) is 0 Å². The molecule has 0 aliphatic rings. The van der Waals surface area contributed by atoms with Crippen molar-refractivity contribution in [3.05, 3.63) is 29.8 Å². The van der Waals surface area contributed by atoms with Crippen LogP contribution < -0.4 is 4.74 Å². The van der Waals surface area contributed by atoms with Gasteiger partial charge in [-0.3, -0.25) is 4.79 Å². The third kappa shape index (κ3) is 4.10. The SMILES string of the molecule is CCOc1ccc(CC(CC)C(=O)OC)cc1. The summed E-state index contributed by atoms with van der Waals surface area (Å²) in [5, 5.41) is 0. The van der Waals surface area contributed by atoms with E-state index in [-0.39, 0.29) is 11.9 Å². The van der Waals surface area contributed by atoms with Crippen molar-refractivity contribution < 1.29 is 14.3 Å². The second-order valence-corrected chi connectivity index (χ2v) is 3.91. The number of hydrogen-bond acceptors (Lipinski definition) is 3. The average molecular weight is 236 g/mol. The van der Waals surface area contributed by atoms with E-state index >= 15 is 0 Å². The summed E-state index contributed by atoms with van der Waals surface area (Å²) in [7, 11) is 1.43. The van der Waals surface area contributed by atoms with E-state index in [1.807, 2.05) is 38.1 Å². The highest BCUT2D eigenvalue weighted by atomic mass is 16.5. The second kappa shape index (κ2) is 6.94. The summed E-state index contributed by atoms with van der Waals surface area (Å²) in [5.41, 5.74) is 1.13. The summed E-state index contributed by atoms with van der Waals surface area (Å²) in [6, 6.07) is 7.86. The van der Waals surface area contributed by atoms with Crippen molar-refractivity contribution in [2.45, 2.75) is 26.7 Å². The molecule has 1 unspecified atom stereocenters. The first kappa shape index (κ1) is 13.6. The van der Waals surface area contributed by atoms with Gasteiger partial charge in [0.05, 0.1) is 19.6 Å². The molecule has 3 heteroatoms. The summed E-state index contributed by atoms with van der Waals surface area (Å²) >= 11 is 0. The van der Waals surface area contributed by atoms with E-state index in [0.717, 1.165) is 24.2 Å². The first-order valence-corrected chi connectivity index (χ1v) is 6.00. The molecule has 0 saturated heterocycles. The van der Waals surface area contributed by atoms with Gasteiger partial charge in [-0.25, -0.2) is 0 Å². The number of carbonyl (C=O) groups is 1. The van der Waals surface area contributed by atoms with Gasteiger partial charge < -0.3 is 9.47 Å². The van der Waals surface area contributed by atoms with Crippen LogP contribution in [0.1, 0.15) is 25.8 Å². The van der Waals surface area contributed by atoms with Crippen LogP contribution in [-0.2, 0) is 16.0 Å². The fourth-order valence-electron chi connectivity index (χ4n) is 1.73. The number of esters is 1. The van der Waals surface area contributed by atoms with Crippen molar-refractivity contribution in [2.24, 2.45) is 5.92 Å². The largest absolute Gasteiger partial charge is 0.494 e. The zero-order valence-electron chi connectivity index (χ0n) is 10.7. The fraction of sp³-hybridized carbons (Fsp3) is 0.500. The molecule has 0 heterocycles. The van der Waals surface area contributed by atoms with Crippen molar-refractivity contribution >= 4 is 5.97 Å². The molecule has 3 nitrogen and oxygen atoms in total. The maximum Gasteiger partial charge on any atom is 0.308 e. The number of rotatable bonds is 6. The van der Waals surface area contributed by atoms with Gasteiger partial charge in [-0.15, -0.1) is 0 Å². The van der Waals surface area contributed by atoms with Crippen LogP contribution in [0, 0.1) is 5.92 Å². The van der Waals surface area contributed by atoms with Crippen molar-refractivity contribution in [3.8, 4) is 5.75 Å². The quantitative estimate of drug-likeness (QED) is 0.712. The minimum absolute atomic E-state index is 0.0575. The smallest absolute Gasteiger partial charge is 0.308 e. The highest BCUT2D eigenvalue weighted by molar-refractivity contribution is 5.72. The van der Waals surface area contributed by atoms with Crippen molar-refractivity contribution in [1.29, 1.82) is 0 Å². The van der Waals surface area contributed by atoms with Crippen LogP contribution in [0.3, 0.4) is 0 Å². The van der Waals surface area contributed by atoms with Crippen LogP contribution in [0.25, 0.3) is 0 Å². The van der Waals surface area contributed by atoms with Gasteiger partial charge >= 0.3 is 5.97 Å². The fourth-order valence-corrected chi connectivity index (χ4v) is 1.73. The van der Waals surface area contributed by atoms with Crippen LogP contribution in [0.2, 0.25) is 0 Å². The summed E-state index contributed by atoms with van der Waals surface area (Å²) in [6.07, 6.45) is 1.51. The third-order valence-corrected chi connectivity index (χ3v) is 2.74. The maximum absolute atomic E-state index is 11.5. The lowest BCUT2D eigenvalue weighted by atomic mass is 9.97. The second-order valence-electron chi connectivity index (χ2n) is 3.91. The summed E-state index contributed by atoms with van der Waals surface area (Å²) in [6.45, 7) is 4.62. The van der Waals surface area contributed by atoms with E-state index in [0.29, 0.717) is 6.61 Å². The van der Waals surface area contributed by atoms with E-state index in [1.165, 1.54) is 7.11 Å². The Kier molecular flexibility index (Phi) is 5.53. The van der Waals surface area contributed by atoms with Crippen LogP contribution in [0.4, 0.5) is 0 Å². The molecule has 1 aromatic rings. The number of hydrogen-bond donors (Lipinski definition) is 0. The predicted molar refractivity (Wildman–Crippen MR) is 67.1 cm³/mol. The number of benzene rings is 1. The topological polar surface area (TPSA) is 35.5 Å². The van der Waals surface area contributed by atoms with Crippen LogP contribution >= 0.6 is 0 Å². The van der Waals surface area contributed by atoms with Crippen LogP contribution in [0.5, 0.6) is 5.75 Å². The van der Waals surface area contributed by atoms with Crippen molar-refractivity contribution in [2.75, 3.05) is 13.7 Å². The molecule has 0 aliphatic carbocycles. The molecule has 1 rings (SSSR count). The monoisotopic (exact) mass is 236 g/mol. The maximum atomic E-state index is 11.5. The Morgan fingerprint density at radius 3 is 2.35 bits per heavy atom. The van der Waals surface area contributed by atoms with E-state index in [1.54, 1.807) is 0 Å². The van der Waals surface area contributed by atoms with Gasteiger partial charge in [0.2, 0.25) is 0 Å². The Morgan fingerprint density at radius 1 is 1.24 bits per heavy atom. The number of ether oxygens (including phenoxy) is 2. The lowest BCUT2D eigenvalue weighted by Gasteiger charge is -2.12. The van der Waals surface area contributed by atoms with E-state index in [9.17, 15) is 4.79 Å². The molecule has 0 N–H and O–H groups in total. The summed E-state index contributed by atoms with van der Waals surface area (Å²) < 4.78 is 10.1. The first-order valence-electron chi connectivity index (χ1n) is 6.00. The minimum Gasteiger partial charge on any atom is -0.494 e. The van der Waals surface area contributed by atoms with Gasteiger partial charge in [-0.1, -0.05) is 19.1 Å². The van der Waals surface area contributed by atoms with E-state index < -0.39 is 0 Å². The van der Waals surface area contributed by atoms with Gasteiger partial charge in [0, 0.05) is 0 Å². The summed E-state index contributed by atoms with van der Waals surface area (Å²) in [4.78, 5) is 11.5.